The molecule has 1 nitrogen and oxygen atoms in total. The van der Waals surface area contributed by atoms with Crippen molar-refractivity contribution in [2.45, 2.75) is 45.6 Å². The Morgan fingerprint density at radius 1 is 1.14 bits per heavy atom. The van der Waals surface area contributed by atoms with Crippen LogP contribution in [0.5, 0.6) is 0 Å². The van der Waals surface area contributed by atoms with E-state index >= 15 is 0 Å². The van der Waals surface area contributed by atoms with Gasteiger partial charge in [0, 0.05) is 5.54 Å². The van der Waals surface area contributed by atoms with Gasteiger partial charge >= 0.3 is 0 Å². The summed E-state index contributed by atoms with van der Waals surface area (Å²) in [7, 11) is 0. The lowest BCUT2D eigenvalue weighted by Gasteiger charge is -2.24. The highest BCUT2D eigenvalue weighted by atomic mass is 14.7. The normalized spacial score (nSPS) is 15.1. The molecule has 0 bridgehead atoms. The predicted molar refractivity (Wildman–Crippen MR) is 62.3 cm³/mol. The second-order valence-corrected chi connectivity index (χ2v) is 4.22. The lowest BCUT2D eigenvalue weighted by Crippen LogP contribution is -2.32. The molecule has 0 saturated carbocycles. The highest BCUT2D eigenvalue weighted by molar-refractivity contribution is 5.27. The van der Waals surface area contributed by atoms with E-state index in [1.54, 1.807) is 0 Å². The van der Waals surface area contributed by atoms with Crippen LogP contribution in [0.1, 0.15) is 44.7 Å². The van der Waals surface area contributed by atoms with Crippen molar-refractivity contribution in [3.05, 3.63) is 35.4 Å². The summed E-state index contributed by atoms with van der Waals surface area (Å²) in [5.74, 6) is 0. The molecule has 0 amide bonds. The van der Waals surface area contributed by atoms with Crippen LogP contribution in [0.3, 0.4) is 0 Å². The minimum atomic E-state index is -0.166. The summed E-state index contributed by atoms with van der Waals surface area (Å²) in [5, 5.41) is 0. The summed E-state index contributed by atoms with van der Waals surface area (Å²) in [6.45, 7) is 6.45. The van der Waals surface area contributed by atoms with Crippen LogP contribution in [-0.4, -0.2) is 0 Å². The molecule has 0 aliphatic rings. The van der Waals surface area contributed by atoms with Crippen LogP contribution in [0, 0.1) is 0 Å². The fourth-order valence-electron chi connectivity index (χ4n) is 1.78. The maximum absolute atomic E-state index is 6.24. The quantitative estimate of drug-likeness (QED) is 0.777. The first-order valence-electron chi connectivity index (χ1n) is 5.48. The zero-order valence-corrected chi connectivity index (χ0v) is 9.51. The van der Waals surface area contributed by atoms with Crippen LogP contribution in [-0.2, 0) is 12.0 Å². The summed E-state index contributed by atoms with van der Waals surface area (Å²) >= 11 is 0. The molecule has 0 saturated heterocycles. The van der Waals surface area contributed by atoms with Crippen molar-refractivity contribution in [1.29, 1.82) is 0 Å². The molecule has 78 valence electrons. The van der Waals surface area contributed by atoms with Crippen LogP contribution >= 0.6 is 0 Å². The maximum Gasteiger partial charge on any atom is 0.0380 e. The zero-order chi connectivity index (χ0) is 10.6. The van der Waals surface area contributed by atoms with Crippen molar-refractivity contribution < 1.29 is 0 Å². The third-order valence-electron chi connectivity index (χ3n) is 2.79. The van der Waals surface area contributed by atoms with E-state index < -0.39 is 0 Å². The van der Waals surface area contributed by atoms with Gasteiger partial charge in [-0.2, -0.15) is 0 Å². The molecule has 1 heteroatoms. The van der Waals surface area contributed by atoms with E-state index in [2.05, 4.69) is 45.0 Å². The SMILES string of the molecule is CCCC(C)(N)c1ccc(CC)cc1. The minimum absolute atomic E-state index is 0.166. The third kappa shape index (κ3) is 2.58. The maximum atomic E-state index is 6.24. The summed E-state index contributed by atoms with van der Waals surface area (Å²) < 4.78 is 0. The van der Waals surface area contributed by atoms with Crippen LogP contribution in [0.2, 0.25) is 0 Å². The minimum Gasteiger partial charge on any atom is -0.322 e. The van der Waals surface area contributed by atoms with Gasteiger partial charge in [0.2, 0.25) is 0 Å². The Kier molecular flexibility index (Phi) is 3.70. The van der Waals surface area contributed by atoms with Gasteiger partial charge in [0.1, 0.15) is 0 Å². The van der Waals surface area contributed by atoms with Crippen molar-refractivity contribution >= 4 is 0 Å². The molecule has 0 radical (unpaired) electrons. The first-order chi connectivity index (χ1) is 6.60. The lowest BCUT2D eigenvalue weighted by molar-refractivity contribution is 0.446. The molecular weight excluding hydrogens is 170 g/mol. The van der Waals surface area contributed by atoms with E-state index in [9.17, 15) is 0 Å². The topological polar surface area (TPSA) is 26.0 Å². The molecule has 1 rings (SSSR count). The summed E-state index contributed by atoms with van der Waals surface area (Å²) in [5.41, 5.74) is 8.70. The molecule has 0 aromatic heterocycles. The lowest BCUT2D eigenvalue weighted by atomic mass is 9.88. The van der Waals surface area contributed by atoms with Crippen molar-refractivity contribution in [3.8, 4) is 0 Å². The number of hydrogen-bond acceptors (Lipinski definition) is 1. The van der Waals surface area contributed by atoms with E-state index in [1.807, 2.05) is 0 Å². The summed E-state index contributed by atoms with van der Waals surface area (Å²) in [6.07, 6.45) is 3.26. The molecule has 1 aromatic rings. The van der Waals surface area contributed by atoms with Gasteiger partial charge in [0.05, 0.1) is 0 Å². The second kappa shape index (κ2) is 4.61. The number of rotatable bonds is 4. The average Bonchev–Trinajstić information content (AvgIpc) is 2.18. The molecule has 1 atom stereocenters. The molecular formula is C13H21N. The van der Waals surface area contributed by atoms with Gasteiger partial charge in [0.25, 0.3) is 0 Å². The molecule has 1 unspecified atom stereocenters. The van der Waals surface area contributed by atoms with E-state index in [0.717, 1.165) is 19.3 Å². The van der Waals surface area contributed by atoms with Crippen molar-refractivity contribution in [3.63, 3.8) is 0 Å². The fourth-order valence-corrected chi connectivity index (χ4v) is 1.78. The molecule has 14 heavy (non-hydrogen) atoms. The number of benzene rings is 1. The Balaban J connectivity index is 2.85. The van der Waals surface area contributed by atoms with Crippen molar-refractivity contribution in [2.24, 2.45) is 5.73 Å². The van der Waals surface area contributed by atoms with Gasteiger partial charge in [-0.15, -0.1) is 0 Å². The van der Waals surface area contributed by atoms with E-state index in [0.29, 0.717) is 0 Å². The Morgan fingerprint density at radius 3 is 2.14 bits per heavy atom. The Labute approximate surface area is 87.3 Å². The highest BCUT2D eigenvalue weighted by Gasteiger charge is 2.19. The zero-order valence-electron chi connectivity index (χ0n) is 9.51. The number of nitrogens with two attached hydrogens (primary N) is 1. The van der Waals surface area contributed by atoms with Crippen LogP contribution in [0.15, 0.2) is 24.3 Å². The van der Waals surface area contributed by atoms with Gasteiger partial charge in [0.15, 0.2) is 0 Å². The van der Waals surface area contributed by atoms with Crippen LogP contribution in [0.25, 0.3) is 0 Å². The standard InChI is InChI=1S/C13H21N/c1-4-10-13(3,14)12-8-6-11(5-2)7-9-12/h6-9H,4-5,10,14H2,1-3H3. The van der Waals surface area contributed by atoms with Crippen LogP contribution < -0.4 is 5.73 Å². The Morgan fingerprint density at radius 2 is 1.71 bits per heavy atom. The largest absolute Gasteiger partial charge is 0.322 e. The van der Waals surface area contributed by atoms with Gasteiger partial charge in [-0.05, 0) is 30.9 Å². The monoisotopic (exact) mass is 191 g/mol. The van der Waals surface area contributed by atoms with Gasteiger partial charge < -0.3 is 5.73 Å². The van der Waals surface area contributed by atoms with Gasteiger partial charge in [-0.3, -0.25) is 0 Å². The van der Waals surface area contributed by atoms with E-state index in [-0.39, 0.29) is 5.54 Å². The molecule has 0 heterocycles. The van der Waals surface area contributed by atoms with Gasteiger partial charge in [-0.1, -0.05) is 44.5 Å². The number of aryl methyl sites for hydroxylation is 1. The first-order valence-corrected chi connectivity index (χ1v) is 5.48. The second-order valence-electron chi connectivity index (χ2n) is 4.22. The van der Waals surface area contributed by atoms with Crippen molar-refractivity contribution in [2.75, 3.05) is 0 Å². The van der Waals surface area contributed by atoms with E-state index in [4.69, 9.17) is 5.73 Å². The molecule has 2 N–H and O–H groups in total. The Hall–Kier alpha value is -0.820. The molecule has 0 aliphatic heterocycles. The fraction of sp³-hybridized carbons (Fsp3) is 0.538. The van der Waals surface area contributed by atoms with Crippen LogP contribution in [0.4, 0.5) is 0 Å². The summed E-state index contributed by atoms with van der Waals surface area (Å²) in [4.78, 5) is 0. The smallest absolute Gasteiger partial charge is 0.0380 e. The van der Waals surface area contributed by atoms with Crippen molar-refractivity contribution in [1.82, 2.24) is 0 Å². The molecule has 0 aliphatic carbocycles. The molecule has 1 aromatic carbocycles. The summed E-state index contributed by atoms with van der Waals surface area (Å²) in [6, 6.07) is 8.68. The number of hydrogen-bond donors (Lipinski definition) is 1. The average molecular weight is 191 g/mol. The third-order valence-corrected chi connectivity index (χ3v) is 2.79. The Bertz CT molecular complexity index is 272. The van der Waals surface area contributed by atoms with E-state index in [1.165, 1.54) is 11.1 Å². The van der Waals surface area contributed by atoms with Gasteiger partial charge in [-0.25, -0.2) is 0 Å². The molecule has 0 spiro atoms. The highest BCUT2D eigenvalue weighted by Crippen LogP contribution is 2.23. The predicted octanol–water partition coefficient (Wildman–Crippen LogP) is 3.22. The molecule has 0 fully saturated rings. The first kappa shape index (κ1) is 11.3.